The molecule has 0 saturated carbocycles. The molecule has 0 aromatic carbocycles. The summed E-state index contributed by atoms with van der Waals surface area (Å²) in [6.07, 6.45) is 61.9. The number of carbonyl (C=O) groups excluding carboxylic acids is 3. The van der Waals surface area contributed by atoms with E-state index in [9.17, 15) is 14.4 Å². The van der Waals surface area contributed by atoms with Gasteiger partial charge in [0.15, 0.2) is 6.10 Å². The Balaban J connectivity index is 4.52. The average Bonchev–Trinajstić information content (AvgIpc) is 3.26. The molecule has 0 N–H and O–H groups in total. The van der Waals surface area contributed by atoms with Crippen LogP contribution in [0, 0.1) is 0 Å². The maximum Gasteiger partial charge on any atom is 0.306 e. The second kappa shape index (κ2) is 49.5. The minimum absolute atomic E-state index is 0.113. The van der Waals surface area contributed by atoms with Gasteiger partial charge in [-0.2, -0.15) is 0 Å². The smallest absolute Gasteiger partial charge is 0.306 e. The molecule has 0 aliphatic rings. The predicted octanol–water partition coefficient (Wildman–Crippen LogP) is 16.6. The van der Waals surface area contributed by atoms with Crippen molar-refractivity contribution in [3.05, 3.63) is 72.9 Å². The molecule has 350 valence electrons. The predicted molar refractivity (Wildman–Crippen MR) is 261 cm³/mol. The topological polar surface area (TPSA) is 78.9 Å². The van der Waals surface area contributed by atoms with Gasteiger partial charge in [-0.05, 0) is 77.0 Å². The first kappa shape index (κ1) is 57.9. The van der Waals surface area contributed by atoms with Crippen LogP contribution in [0.5, 0.6) is 0 Å². The molecule has 1 atom stereocenters. The third-order valence-electron chi connectivity index (χ3n) is 10.7. The van der Waals surface area contributed by atoms with Gasteiger partial charge in [0.25, 0.3) is 0 Å². The standard InChI is InChI=1S/C55H94O6/c1-4-7-10-13-16-19-22-25-26-27-28-31-33-36-39-42-45-48-54(57)60-51-52(61-55(58)49-46-43-40-37-34-30-24-21-18-15-12-9-6-3)50-59-53(56)47-44-41-38-35-32-29-23-20-17-14-11-8-5-2/h16,19,25-26,28,30-31,34,36,39-40,43,52H,4-15,17-18,20-24,27,29,32-33,35,37-38,41-42,44-51H2,1-3H3/b19-16+,26-25+,31-28+,34-30+,39-36+,43-40+. The lowest BCUT2D eigenvalue weighted by atomic mass is 10.0. The number of hydrogen-bond acceptors (Lipinski definition) is 6. The number of ether oxygens (including phenoxy) is 3. The van der Waals surface area contributed by atoms with Crippen molar-refractivity contribution in [3.8, 4) is 0 Å². The van der Waals surface area contributed by atoms with Gasteiger partial charge < -0.3 is 14.2 Å². The van der Waals surface area contributed by atoms with Crippen LogP contribution in [0.25, 0.3) is 0 Å². The van der Waals surface area contributed by atoms with Gasteiger partial charge in [-0.1, -0.05) is 216 Å². The van der Waals surface area contributed by atoms with Crippen molar-refractivity contribution in [2.24, 2.45) is 0 Å². The van der Waals surface area contributed by atoms with E-state index in [4.69, 9.17) is 14.2 Å². The van der Waals surface area contributed by atoms with Crippen LogP contribution in [0.3, 0.4) is 0 Å². The number of unbranched alkanes of at least 4 members (excludes halogenated alkanes) is 22. The van der Waals surface area contributed by atoms with Crippen LogP contribution in [0.2, 0.25) is 0 Å². The summed E-state index contributed by atoms with van der Waals surface area (Å²) in [7, 11) is 0. The lowest BCUT2D eigenvalue weighted by molar-refractivity contribution is -0.166. The van der Waals surface area contributed by atoms with Gasteiger partial charge in [-0.25, -0.2) is 0 Å². The molecule has 0 bridgehead atoms. The van der Waals surface area contributed by atoms with E-state index in [1.807, 2.05) is 6.08 Å². The number of esters is 3. The molecule has 6 heteroatoms. The summed E-state index contributed by atoms with van der Waals surface area (Å²) in [6, 6.07) is 0. The van der Waals surface area contributed by atoms with Crippen molar-refractivity contribution in [3.63, 3.8) is 0 Å². The minimum atomic E-state index is -0.825. The Morgan fingerprint density at radius 3 is 1.08 bits per heavy atom. The average molecular weight is 851 g/mol. The molecule has 6 nitrogen and oxygen atoms in total. The third-order valence-corrected chi connectivity index (χ3v) is 10.7. The van der Waals surface area contributed by atoms with Gasteiger partial charge in [-0.15, -0.1) is 0 Å². The Hall–Kier alpha value is -3.15. The van der Waals surface area contributed by atoms with Crippen molar-refractivity contribution >= 4 is 17.9 Å². The molecule has 0 aliphatic heterocycles. The van der Waals surface area contributed by atoms with Crippen molar-refractivity contribution in [1.29, 1.82) is 0 Å². The third kappa shape index (κ3) is 47.7. The summed E-state index contributed by atoms with van der Waals surface area (Å²) in [5.74, 6) is -1.04. The zero-order valence-corrected chi connectivity index (χ0v) is 39.9. The first-order valence-electron chi connectivity index (χ1n) is 25.4. The zero-order chi connectivity index (χ0) is 44.4. The van der Waals surface area contributed by atoms with E-state index in [1.54, 1.807) is 0 Å². The maximum atomic E-state index is 12.7. The van der Waals surface area contributed by atoms with E-state index in [1.165, 1.54) is 128 Å². The first-order chi connectivity index (χ1) is 30.0. The molecule has 0 amide bonds. The fraction of sp³-hybridized carbons (Fsp3) is 0.727. The molecule has 0 heterocycles. The highest BCUT2D eigenvalue weighted by molar-refractivity contribution is 5.71. The summed E-state index contributed by atoms with van der Waals surface area (Å²) >= 11 is 0. The summed E-state index contributed by atoms with van der Waals surface area (Å²) in [6.45, 7) is 6.50. The SMILES string of the molecule is CCCCC/C=C/C/C=C/C/C=C/C/C=C/CCCC(=O)OCC(COC(=O)CCCCCCCCCCCCCCC)OC(=O)CC/C=C/C/C=C/CCCCCCCC. The van der Waals surface area contributed by atoms with Crippen LogP contribution in [-0.4, -0.2) is 37.2 Å². The molecule has 0 fully saturated rings. The summed E-state index contributed by atoms with van der Waals surface area (Å²) in [4.78, 5) is 37.9. The Morgan fingerprint density at radius 1 is 0.328 bits per heavy atom. The van der Waals surface area contributed by atoms with Gasteiger partial charge in [0, 0.05) is 19.3 Å². The van der Waals surface area contributed by atoms with E-state index in [-0.39, 0.29) is 38.0 Å². The Bertz CT molecular complexity index is 1160. The molecular weight excluding hydrogens is 757 g/mol. The highest BCUT2D eigenvalue weighted by atomic mass is 16.6. The van der Waals surface area contributed by atoms with Crippen LogP contribution in [0.1, 0.15) is 239 Å². The minimum Gasteiger partial charge on any atom is -0.462 e. The monoisotopic (exact) mass is 851 g/mol. The zero-order valence-electron chi connectivity index (χ0n) is 39.9. The Labute approximate surface area is 376 Å². The van der Waals surface area contributed by atoms with Crippen LogP contribution in [-0.2, 0) is 28.6 Å². The molecule has 0 rings (SSSR count). The van der Waals surface area contributed by atoms with E-state index >= 15 is 0 Å². The lowest BCUT2D eigenvalue weighted by Crippen LogP contribution is -2.30. The fourth-order valence-corrected chi connectivity index (χ4v) is 6.84. The van der Waals surface area contributed by atoms with Gasteiger partial charge in [0.05, 0.1) is 0 Å². The largest absolute Gasteiger partial charge is 0.462 e. The molecule has 0 saturated heterocycles. The second-order valence-corrected chi connectivity index (χ2v) is 16.7. The van der Waals surface area contributed by atoms with Crippen molar-refractivity contribution in [2.75, 3.05) is 13.2 Å². The van der Waals surface area contributed by atoms with E-state index in [0.717, 1.165) is 57.8 Å². The molecular formula is C55H94O6. The number of carbonyl (C=O) groups is 3. The molecule has 0 aromatic heterocycles. The fourth-order valence-electron chi connectivity index (χ4n) is 6.84. The highest BCUT2D eigenvalue weighted by Crippen LogP contribution is 2.14. The normalized spacial score (nSPS) is 12.6. The van der Waals surface area contributed by atoms with E-state index in [2.05, 4.69) is 87.6 Å². The highest BCUT2D eigenvalue weighted by Gasteiger charge is 2.19. The van der Waals surface area contributed by atoms with Gasteiger partial charge in [0.1, 0.15) is 13.2 Å². The first-order valence-corrected chi connectivity index (χ1v) is 25.4. The van der Waals surface area contributed by atoms with Crippen LogP contribution in [0.4, 0.5) is 0 Å². The number of rotatable bonds is 45. The second-order valence-electron chi connectivity index (χ2n) is 16.7. The molecule has 0 radical (unpaired) electrons. The van der Waals surface area contributed by atoms with Crippen LogP contribution < -0.4 is 0 Å². The molecule has 0 aromatic rings. The van der Waals surface area contributed by atoms with Crippen LogP contribution >= 0.6 is 0 Å². The van der Waals surface area contributed by atoms with Crippen molar-refractivity contribution in [2.45, 2.75) is 245 Å². The van der Waals surface area contributed by atoms with Gasteiger partial charge >= 0.3 is 17.9 Å². The van der Waals surface area contributed by atoms with Gasteiger partial charge in [0.2, 0.25) is 0 Å². The van der Waals surface area contributed by atoms with Crippen LogP contribution in [0.15, 0.2) is 72.9 Å². The summed E-state index contributed by atoms with van der Waals surface area (Å²) < 4.78 is 16.7. The van der Waals surface area contributed by atoms with E-state index in [0.29, 0.717) is 19.3 Å². The maximum absolute atomic E-state index is 12.7. The number of allylic oxidation sites excluding steroid dienone is 12. The Kier molecular flexibility index (Phi) is 46.9. The summed E-state index contributed by atoms with van der Waals surface area (Å²) in [5.41, 5.74) is 0. The summed E-state index contributed by atoms with van der Waals surface area (Å²) in [5, 5.41) is 0. The molecule has 1 unspecified atom stereocenters. The molecule has 0 aliphatic carbocycles. The Morgan fingerprint density at radius 2 is 0.639 bits per heavy atom. The molecule has 0 spiro atoms. The van der Waals surface area contributed by atoms with Crippen molar-refractivity contribution in [1.82, 2.24) is 0 Å². The van der Waals surface area contributed by atoms with E-state index < -0.39 is 12.1 Å². The number of hydrogen-bond donors (Lipinski definition) is 0. The molecule has 61 heavy (non-hydrogen) atoms. The van der Waals surface area contributed by atoms with Crippen molar-refractivity contribution < 1.29 is 28.6 Å². The lowest BCUT2D eigenvalue weighted by Gasteiger charge is -2.18. The quantitative estimate of drug-likeness (QED) is 0.0263. The van der Waals surface area contributed by atoms with Gasteiger partial charge in [-0.3, -0.25) is 14.4 Å².